The highest BCUT2D eigenvalue weighted by Crippen LogP contribution is 2.18. The second kappa shape index (κ2) is 9.74. The van der Waals surface area contributed by atoms with Gasteiger partial charge in [0.2, 0.25) is 0 Å². The van der Waals surface area contributed by atoms with Crippen molar-refractivity contribution in [2.24, 2.45) is 0 Å². The van der Waals surface area contributed by atoms with Crippen LogP contribution in [0.2, 0.25) is 5.02 Å². The molecule has 1 atom stereocenters. The average molecular weight is 389 g/mol. The maximum Gasteiger partial charge on any atom is 0.261 e. The number of benzene rings is 2. The van der Waals surface area contributed by atoms with E-state index in [0.717, 1.165) is 38.4 Å². The van der Waals surface area contributed by atoms with E-state index < -0.39 is 6.10 Å². The van der Waals surface area contributed by atoms with Gasteiger partial charge in [0.15, 0.2) is 6.10 Å². The number of rotatable bonds is 7. The van der Waals surface area contributed by atoms with Crippen molar-refractivity contribution in [3.05, 3.63) is 64.7 Å². The van der Waals surface area contributed by atoms with Gasteiger partial charge in [-0.2, -0.15) is 0 Å². The minimum atomic E-state index is -0.597. The number of hydrogen-bond donors (Lipinski definition) is 1. The van der Waals surface area contributed by atoms with E-state index in [2.05, 4.69) is 22.3 Å². The van der Waals surface area contributed by atoms with Crippen molar-refractivity contribution in [2.45, 2.75) is 26.1 Å². The predicted molar refractivity (Wildman–Crippen MR) is 106 cm³/mol. The molecule has 2 aromatic carbocycles. The summed E-state index contributed by atoms with van der Waals surface area (Å²) in [5.41, 5.74) is 2.32. The predicted octanol–water partition coefficient (Wildman–Crippen LogP) is 3.26. The second-order valence-electron chi connectivity index (χ2n) is 6.64. The van der Waals surface area contributed by atoms with E-state index in [0.29, 0.717) is 17.3 Å². The minimum absolute atomic E-state index is 0.159. The van der Waals surface area contributed by atoms with E-state index in [1.807, 2.05) is 12.1 Å². The first-order chi connectivity index (χ1) is 13.1. The molecule has 1 aliphatic heterocycles. The number of morpholine rings is 1. The summed E-state index contributed by atoms with van der Waals surface area (Å²) in [7, 11) is 0. The lowest BCUT2D eigenvalue weighted by Gasteiger charge is -2.26. The molecule has 1 aliphatic rings. The smallest absolute Gasteiger partial charge is 0.261 e. The van der Waals surface area contributed by atoms with Crippen molar-refractivity contribution in [3.63, 3.8) is 0 Å². The highest BCUT2D eigenvalue weighted by Gasteiger charge is 2.15. The van der Waals surface area contributed by atoms with Gasteiger partial charge in [-0.3, -0.25) is 9.69 Å². The molecule has 1 heterocycles. The zero-order valence-corrected chi connectivity index (χ0v) is 16.2. The van der Waals surface area contributed by atoms with Gasteiger partial charge in [0.1, 0.15) is 5.75 Å². The third-order valence-corrected chi connectivity index (χ3v) is 4.68. The molecular weight excluding hydrogens is 364 g/mol. The van der Waals surface area contributed by atoms with E-state index in [1.54, 1.807) is 31.2 Å². The number of hydrogen-bond acceptors (Lipinski definition) is 4. The molecule has 1 unspecified atom stereocenters. The van der Waals surface area contributed by atoms with Gasteiger partial charge in [-0.1, -0.05) is 41.9 Å². The van der Waals surface area contributed by atoms with Crippen LogP contribution in [0.4, 0.5) is 0 Å². The minimum Gasteiger partial charge on any atom is -0.481 e. The highest BCUT2D eigenvalue weighted by atomic mass is 35.5. The highest BCUT2D eigenvalue weighted by molar-refractivity contribution is 6.30. The Bertz CT molecular complexity index is 763. The standard InChI is InChI=1S/C21H25ClN2O3/c1-16(27-20-7-3-6-19(22)13-20)21(25)23-14-17-4-2-5-18(12-17)15-24-8-10-26-11-9-24/h2-7,12-13,16H,8-11,14-15H2,1H3,(H,23,25). The number of nitrogens with zero attached hydrogens (tertiary/aromatic N) is 1. The molecule has 1 fully saturated rings. The van der Waals surface area contributed by atoms with Crippen molar-refractivity contribution < 1.29 is 14.3 Å². The molecule has 0 aromatic heterocycles. The Morgan fingerprint density at radius 3 is 2.70 bits per heavy atom. The monoisotopic (exact) mass is 388 g/mol. The second-order valence-corrected chi connectivity index (χ2v) is 7.08. The first-order valence-corrected chi connectivity index (χ1v) is 9.56. The maximum absolute atomic E-state index is 12.3. The van der Waals surface area contributed by atoms with Gasteiger partial charge < -0.3 is 14.8 Å². The summed E-state index contributed by atoms with van der Waals surface area (Å²) in [6.45, 7) is 6.60. The zero-order valence-electron chi connectivity index (χ0n) is 15.5. The van der Waals surface area contributed by atoms with Gasteiger partial charge in [0, 0.05) is 31.2 Å². The zero-order chi connectivity index (χ0) is 19.1. The van der Waals surface area contributed by atoms with E-state index in [9.17, 15) is 4.79 Å². The summed E-state index contributed by atoms with van der Waals surface area (Å²) < 4.78 is 11.0. The molecule has 2 aromatic rings. The number of ether oxygens (including phenoxy) is 2. The van der Waals surface area contributed by atoms with Crippen LogP contribution in [0.15, 0.2) is 48.5 Å². The van der Waals surface area contributed by atoms with Crippen LogP contribution in [0.3, 0.4) is 0 Å². The molecule has 1 N–H and O–H groups in total. The summed E-state index contributed by atoms with van der Waals surface area (Å²) in [6.07, 6.45) is -0.597. The molecule has 27 heavy (non-hydrogen) atoms. The lowest BCUT2D eigenvalue weighted by Crippen LogP contribution is -2.36. The molecule has 6 heteroatoms. The van der Waals surface area contributed by atoms with E-state index in [1.165, 1.54) is 5.56 Å². The molecule has 0 radical (unpaired) electrons. The molecule has 1 amide bonds. The number of halogens is 1. The lowest BCUT2D eigenvalue weighted by molar-refractivity contribution is -0.127. The molecule has 144 valence electrons. The van der Waals surface area contributed by atoms with E-state index in [4.69, 9.17) is 21.1 Å². The molecular formula is C21H25ClN2O3. The maximum atomic E-state index is 12.3. The fourth-order valence-corrected chi connectivity index (χ4v) is 3.17. The molecule has 0 bridgehead atoms. The van der Waals surface area contributed by atoms with Gasteiger partial charge in [-0.05, 0) is 36.2 Å². The Morgan fingerprint density at radius 1 is 1.19 bits per heavy atom. The number of nitrogens with one attached hydrogen (secondary N) is 1. The largest absolute Gasteiger partial charge is 0.481 e. The molecule has 0 spiro atoms. The van der Waals surface area contributed by atoms with Crippen LogP contribution < -0.4 is 10.1 Å². The Labute approximate surface area is 165 Å². The van der Waals surface area contributed by atoms with Crippen LogP contribution in [0, 0.1) is 0 Å². The van der Waals surface area contributed by atoms with Crippen molar-refractivity contribution in [3.8, 4) is 5.75 Å². The molecule has 0 saturated carbocycles. The topological polar surface area (TPSA) is 50.8 Å². The van der Waals surface area contributed by atoms with Crippen LogP contribution in [0.25, 0.3) is 0 Å². The molecule has 1 saturated heterocycles. The normalized spacial score (nSPS) is 15.9. The first kappa shape index (κ1) is 19.7. The van der Waals surface area contributed by atoms with E-state index >= 15 is 0 Å². The van der Waals surface area contributed by atoms with Crippen molar-refractivity contribution in [1.29, 1.82) is 0 Å². The van der Waals surface area contributed by atoms with Gasteiger partial charge in [0.25, 0.3) is 5.91 Å². The van der Waals surface area contributed by atoms with Crippen molar-refractivity contribution in [2.75, 3.05) is 26.3 Å². The van der Waals surface area contributed by atoms with Crippen LogP contribution in [0.1, 0.15) is 18.1 Å². The molecule has 0 aliphatic carbocycles. The third-order valence-electron chi connectivity index (χ3n) is 4.45. The number of carbonyl (C=O) groups is 1. The Morgan fingerprint density at radius 2 is 1.93 bits per heavy atom. The fraction of sp³-hybridized carbons (Fsp3) is 0.381. The summed E-state index contributed by atoms with van der Waals surface area (Å²) >= 11 is 5.94. The summed E-state index contributed by atoms with van der Waals surface area (Å²) in [5, 5.41) is 3.51. The molecule has 5 nitrogen and oxygen atoms in total. The molecule has 3 rings (SSSR count). The first-order valence-electron chi connectivity index (χ1n) is 9.18. The van der Waals surface area contributed by atoms with Crippen molar-refractivity contribution >= 4 is 17.5 Å². The van der Waals surface area contributed by atoms with E-state index in [-0.39, 0.29) is 5.91 Å². The summed E-state index contributed by atoms with van der Waals surface area (Å²) in [5.74, 6) is 0.422. The summed E-state index contributed by atoms with van der Waals surface area (Å²) in [6, 6.07) is 15.3. The van der Waals surface area contributed by atoms with Gasteiger partial charge in [-0.25, -0.2) is 0 Å². The quantitative estimate of drug-likeness (QED) is 0.791. The van der Waals surface area contributed by atoms with Gasteiger partial charge in [-0.15, -0.1) is 0 Å². The Kier molecular flexibility index (Phi) is 7.10. The van der Waals surface area contributed by atoms with Crippen molar-refractivity contribution in [1.82, 2.24) is 10.2 Å². The van der Waals surface area contributed by atoms with Gasteiger partial charge >= 0.3 is 0 Å². The summed E-state index contributed by atoms with van der Waals surface area (Å²) in [4.78, 5) is 14.7. The Balaban J connectivity index is 1.49. The number of carbonyl (C=O) groups excluding carboxylic acids is 1. The van der Waals surface area contributed by atoms with Crippen LogP contribution in [0.5, 0.6) is 5.75 Å². The average Bonchev–Trinajstić information content (AvgIpc) is 2.67. The lowest BCUT2D eigenvalue weighted by atomic mass is 10.1. The van der Waals surface area contributed by atoms with Gasteiger partial charge in [0.05, 0.1) is 13.2 Å². The van der Waals surface area contributed by atoms with Crippen LogP contribution in [-0.2, 0) is 22.6 Å². The number of amides is 1. The fourth-order valence-electron chi connectivity index (χ4n) is 2.99. The third kappa shape index (κ3) is 6.24. The van der Waals surface area contributed by atoms with Crippen LogP contribution >= 0.6 is 11.6 Å². The Hall–Kier alpha value is -2.08. The SMILES string of the molecule is CC(Oc1cccc(Cl)c1)C(=O)NCc1cccc(CN2CCOCC2)c1. The van der Waals surface area contributed by atoms with Crippen LogP contribution in [-0.4, -0.2) is 43.2 Å².